The Morgan fingerprint density at radius 1 is 1.32 bits per heavy atom. The van der Waals surface area contributed by atoms with Gasteiger partial charge in [0.05, 0.1) is 6.10 Å². The molecule has 1 aliphatic rings. The van der Waals surface area contributed by atoms with E-state index in [-0.39, 0.29) is 23.7 Å². The fourth-order valence-corrected chi connectivity index (χ4v) is 2.98. The molecule has 150 valence electrons. The smallest absolute Gasteiger partial charge is 0.263 e. The minimum Gasteiger partial charge on any atom is -0.486 e. The first kappa shape index (κ1) is 20.1. The van der Waals surface area contributed by atoms with Crippen LogP contribution in [0.2, 0.25) is 0 Å². The van der Waals surface area contributed by atoms with Crippen molar-refractivity contribution in [3.8, 4) is 5.75 Å². The summed E-state index contributed by atoms with van der Waals surface area (Å²) in [5.41, 5.74) is 0.786. The number of rotatable bonds is 6. The number of hydrogen-bond acceptors (Lipinski definition) is 5. The van der Waals surface area contributed by atoms with E-state index in [0.717, 1.165) is 19.4 Å². The Morgan fingerprint density at radius 2 is 2.07 bits per heavy atom. The summed E-state index contributed by atoms with van der Waals surface area (Å²) < 4.78 is 11.1. The Labute approximate surface area is 164 Å². The molecule has 1 saturated heterocycles. The van der Waals surface area contributed by atoms with E-state index in [1.54, 1.807) is 0 Å². The highest BCUT2D eigenvalue weighted by Crippen LogP contribution is 2.24. The highest BCUT2D eigenvalue weighted by atomic mass is 16.5. The maximum Gasteiger partial charge on any atom is 0.263 e. The first-order valence-corrected chi connectivity index (χ1v) is 9.54. The van der Waals surface area contributed by atoms with Gasteiger partial charge >= 0.3 is 0 Å². The van der Waals surface area contributed by atoms with E-state index < -0.39 is 11.5 Å². The number of amides is 1. The van der Waals surface area contributed by atoms with Crippen molar-refractivity contribution in [2.45, 2.75) is 51.7 Å². The molecule has 1 aromatic carbocycles. The maximum atomic E-state index is 12.2. The summed E-state index contributed by atoms with van der Waals surface area (Å²) >= 11 is 0. The van der Waals surface area contributed by atoms with E-state index in [1.165, 1.54) is 11.8 Å². The Kier molecular flexibility index (Phi) is 6.14. The lowest BCUT2D eigenvalue weighted by molar-refractivity contribution is 0.0856. The van der Waals surface area contributed by atoms with Gasteiger partial charge in [-0.1, -0.05) is 32.9 Å². The van der Waals surface area contributed by atoms with E-state index in [2.05, 4.69) is 36.1 Å². The van der Waals surface area contributed by atoms with Crippen LogP contribution in [0.15, 0.2) is 35.3 Å². The number of carbonyl (C=O) groups excluding carboxylic acids is 1. The topological polar surface area (TPSA) is 93.3 Å². The molecule has 1 amide bonds. The van der Waals surface area contributed by atoms with Gasteiger partial charge in [-0.3, -0.25) is 9.59 Å². The zero-order valence-corrected chi connectivity index (χ0v) is 16.6. The fourth-order valence-electron chi connectivity index (χ4n) is 2.98. The molecule has 28 heavy (non-hydrogen) atoms. The lowest BCUT2D eigenvalue weighted by Gasteiger charge is -2.19. The van der Waals surface area contributed by atoms with Crippen LogP contribution < -0.4 is 15.6 Å². The number of aromatic amines is 1. The first-order chi connectivity index (χ1) is 13.3. The van der Waals surface area contributed by atoms with Gasteiger partial charge in [0.2, 0.25) is 0 Å². The van der Waals surface area contributed by atoms with Gasteiger partial charge in [0.1, 0.15) is 23.7 Å². The van der Waals surface area contributed by atoms with Crippen LogP contribution in [0.1, 0.15) is 55.4 Å². The molecule has 1 atom stereocenters. The van der Waals surface area contributed by atoms with Crippen molar-refractivity contribution >= 4 is 5.91 Å². The Morgan fingerprint density at radius 3 is 2.68 bits per heavy atom. The van der Waals surface area contributed by atoms with Gasteiger partial charge in [0.25, 0.3) is 11.5 Å². The molecule has 0 aliphatic carbocycles. The number of aromatic nitrogens is 2. The third-order valence-electron chi connectivity index (χ3n) is 4.71. The summed E-state index contributed by atoms with van der Waals surface area (Å²) in [4.78, 5) is 31.1. The fraction of sp³-hybridized carbons (Fsp3) is 0.476. The number of ether oxygens (including phenoxy) is 2. The second-order valence-electron chi connectivity index (χ2n) is 7.98. The monoisotopic (exact) mass is 385 g/mol. The van der Waals surface area contributed by atoms with Crippen molar-refractivity contribution < 1.29 is 14.3 Å². The lowest BCUT2D eigenvalue weighted by Crippen LogP contribution is -2.35. The van der Waals surface area contributed by atoms with Gasteiger partial charge in [-0.25, -0.2) is 4.98 Å². The Hall–Kier alpha value is -2.67. The molecule has 1 aromatic heterocycles. The second-order valence-corrected chi connectivity index (χ2v) is 7.98. The van der Waals surface area contributed by atoms with Crippen molar-refractivity contribution in [3.63, 3.8) is 0 Å². The van der Waals surface area contributed by atoms with Crippen molar-refractivity contribution in [2.75, 3.05) is 13.2 Å². The molecule has 3 rings (SSSR count). The second kappa shape index (κ2) is 8.56. The molecule has 1 fully saturated rings. The van der Waals surface area contributed by atoms with Crippen LogP contribution in [0.25, 0.3) is 0 Å². The molecule has 0 saturated carbocycles. The molecule has 2 N–H and O–H groups in total. The van der Waals surface area contributed by atoms with Crippen LogP contribution >= 0.6 is 0 Å². The van der Waals surface area contributed by atoms with Gasteiger partial charge in [0, 0.05) is 19.3 Å². The highest BCUT2D eigenvalue weighted by molar-refractivity contribution is 5.93. The van der Waals surface area contributed by atoms with E-state index in [4.69, 9.17) is 9.47 Å². The van der Waals surface area contributed by atoms with E-state index in [1.807, 2.05) is 24.3 Å². The molecule has 0 bridgehead atoms. The number of hydrogen-bond donors (Lipinski definition) is 2. The summed E-state index contributed by atoms with van der Waals surface area (Å²) in [5, 5.41) is 2.72. The molecule has 7 nitrogen and oxygen atoms in total. The van der Waals surface area contributed by atoms with Gasteiger partial charge in [-0.2, -0.15) is 0 Å². The molecule has 0 unspecified atom stereocenters. The Bertz CT molecular complexity index is 862. The first-order valence-electron chi connectivity index (χ1n) is 9.54. The van der Waals surface area contributed by atoms with Gasteiger partial charge in [-0.05, 0) is 36.0 Å². The van der Waals surface area contributed by atoms with Crippen molar-refractivity contribution in [1.29, 1.82) is 0 Å². The number of benzene rings is 1. The summed E-state index contributed by atoms with van der Waals surface area (Å²) in [6, 6.07) is 7.83. The van der Waals surface area contributed by atoms with Crippen molar-refractivity contribution in [2.24, 2.45) is 0 Å². The molecule has 2 aromatic rings. The van der Waals surface area contributed by atoms with Crippen molar-refractivity contribution in [3.05, 3.63) is 57.8 Å². The Balaban J connectivity index is 1.56. The molecule has 7 heteroatoms. The van der Waals surface area contributed by atoms with Crippen molar-refractivity contribution in [1.82, 2.24) is 15.3 Å². The van der Waals surface area contributed by atoms with Crippen LogP contribution in [0.3, 0.4) is 0 Å². The van der Waals surface area contributed by atoms with Crippen LogP contribution in [0, 0.1) is 0 Å². The van der Waals surface area contributed by atoms with Crippen LogP contribution in [-0.4, -0.2) is 35.1 Å². The third-order valence-corrected chi connectivity index (χ3v) is 4.71. The standard InChI is InChI=1S/C21H27N3O4/c1-21(2,3)14-6-8-15(9-7-14)28-13-18-22-12-17(20(26)24-18)19(25)23-11-16-5-4-10-27-16/h6-9,12,16H,4-5,10-11,13H2,1-3H3,(H,23,25)(H,22,24,26)/t16-/m1/s1. The predicted octanol–water partition coefficient (Wildman–Crippen LogP) is 2.56. The van der Waals surface area contributed by atoms with Gasteiger partial charge in [0.15, 0.2) is 0 Å². The van der Waals surface area contributed by atoms with Crippen LogP contribution in [0.4, 0.5) is 0 Å². The highest BCUT2D eigenvalue weighted by Gasteiger charge is 2.18. The number of nitrogens with zero attached hydrogens (tertiary/aromatic N) is 1. The van der Waals surface area contributed by atoms with Gasteiger partial charge in [-0.15, -0.1) is 0 Å². The summed E-state index contributed by atoms with van der Waals surface area (Å²) in [5.74, 6) is 0.601. The summed E-state index contributed by atoms with van der Waals surface area (Å²) in [6.45, 7) is 7.67. The average molecular weight is 385 g/mol. The van der Waals surface area contributed by atoms with Gasteiger partial charge < -0.3 is 19.8 Å². The molecule has 0 radical (unpaired) electrons. The number of nitrogens with one attached hydrogen (secondary N) is 2. The quantitative estimate of drug-likeness (QED) is 0.797. The maximum absolute atomic E-state index is 12.2. The zero-order chi connectivity index (χ0) is 20.1. The van der Waals surface area contributed by atoms with E-state index >= 15 is 0 Å². The molecular weight excluding hydrogens is 358 g/mol. The SMILES string of the molecule is CC(C)(C)c1ccc(OCc2ncc(C(=O)NC[C@H]3CCCO3)c(=O)[nH]2)cc1. The van der Waals surface area contributed by atoms with Crippen LogP contribution in [-0.2, 0) is 16.8 Å². The van der Waals surface area contributed by atoms with Crippen LogP contribution in [0.5, 0.6) is 5.75 Å². The summed E-state index contributed by atoms with van der Waals surface area (Å²) in [6.07, 6.45) is 3.22. The largest absolute Gasteiger partial charge is 0.486 e. The molecule has 1 aliphatic heterocycles. The molecular formula is C21H27N3O4. The minimum absolute atomic E-state index is 0.0173. The minimum atomic E-state index is -0.485. The third kappa shape index (κ3) is 5.19. The molecule has 0 spiro atoms. The normalized spacial score (nSPS) is 16.8. The zero-order valence-electron chi connectivity index (χ0n) is 16.6. The lowest BCUT2D eigenvalue weighted by atomic mass is 9.87. The number of H-pyrrole nitrogens is 1. The van der Waals surface area contributed by atoms with E-state index in [9.17, 15) is 9.59 Å². The average Bonchev–Trinajstić information content (AvgIpc) is 3.18. The number of carbonyl (C=O) groups is 1. The molecule has 2 heterocycles. The van der Waals surface area contributed by atoms with E-state index in [0.29, 0.717) is 18.1 Å². The predicted molar refractivity (Wildman–Crippen MR) is 106 cm³/mol. The summed E-state index contributed by atoms with van der Waals surface area (Å²) in [7, 11) is 0.